The van der Waals surface area contributed by atoms with Crippen LogP contribution in [0.3, 0.4) is 0 Å². The van der Waals surface area contributed by atoms with Crippen LogP contribution in [0.1, 0.15) is 53.9 Å². The second-order valence-corrected chi connectivity index (χ2v) is 10.8. The summed E-state index contributed by atoms with van der Waals surface area (Å²) < 4.78 is 7.31. The molecule has 1 atom stereocenters. The summed E-state index contributed by atoms with van der Waals surface area (Å²) in [6.45, 7) is 4.04. The van der Waals surface area contributed by atoms with E-state index in [2.05, 4.69) is 15.5 Å². The maximum absolute atomic E-state index is 13.3. The van der Waals surface area contributed by atoms with Crippen molar-refractivity contribution < 1.29 is 14.3 Å². The number of hydrogen-bond donors (Lipinski definition) is 1. The standard InChI is InChI=1S/C25H27N5O3S2/c1-4-17(35-25-26-21-20(28-29-25)14-10-6-8-12-16(14)30(21)3)22(31)27-23-19(24(32)33-5-2)15-11-7-9-13-18(15)34-23/h6,8,10,12,17H,4-5,7,9,11,13H2,1-3H3,(H,27,31)/t17-/m0/s1. The number of amides is 1. The van der Waals surface area contributed by atoms with Crippen molar-refractivity contribution in [2.45, 2.75) is 56.4 Å². The Labute approximate surface area is 211 Å². The number of aryl methyl sites for hydroxylation is 2. The molecular formula is C25H27N5O3S2. The summed E-state index contributed by atoms with van der Waals surface area (Å²) in [6, 6.07) is 7.98. The Morgan fingerprint density at radius 1 is 1.20 bits per heavy atom. The Balaban J connectivity index is 1.40. The molecule has 4 aromatic rings. The van der Waals surface area contributed by atoms with E-state index in [1.165, 1.54) is 28.0 Å². The van der Waals surface area contributed by atoms with E-state index >= 15 is 0 Å². The number of para-hydroxylation sites is 1. The first-order valence-electron chi connectivity index (χ1n) is 11.9. The van der Waals surface area contributed by atoms with Gasteiger partial charge < -0.3 is 14.6 Å². The molecule has 0 fully saturated rings. The highest BCUT2D eigenvalue weighted by molar-refractivity contribution is 8.00. The van der Waals surface area contributed by atoms with E-state index in [1.807, 2.05) is 42.8 Å². The number of benzene rings is 1. The number of esters is 1. The third kappa shape index (κ3) is 4.40. The van der Waals surface area contributed by atoms with Gasteiger partial charge in [-0.1, -0.05) is 36.9 Å². The van der Waals surface area contributed by atoms with Crippen molar-refractivity contribution in [3.8, 4) is 0 Å². The average molecular weight is 510 g/mol. The Morgan fingerprint density at radius 2 is 2.00 bits per heavy atom. The van der Waals surface area contributed by atoms with Crippen molar-refractivity contribution >= 4 is 62.0 Å². The van der Waals surface area contributed by atoms with Crippen LogP contribution in [0.25, 0.3) is 22.1 Å². The van der Waals surface area contributed by atoms with Crippen molar-refractivity contribution in [2.75, 3.05) is 11.9 Å². The molecule has 1 aliphatic carbocycles. The van der Waals surface area contributed by atoms with Gasteiger partial charge in [-0.3, -0.25) is 4.79 Å². The van der Waals surface area contributed by atoms with Gasteiger partial charge in [0.1, 0.15) is 10.5 Å². The number of anilines is 1. The molecule has 1 amide bonds. The predicted octanol–water partition coefficient (Wildman–Crippen LogP) is 5.14. The van der Waals surface area contributed by atoms with E-state index in [0.717, 1.165) is 53.3 Å². The van der Waals surface area contributed by atoms with Crippen LogP contribution in [0, 0.1) is 0 Å². The van der Waals surface area contributed by atoms with Crippen LogP contribution in [-0.2, 0) is 29.4 Å². The molecule has 0 radical (unpaired) electrons. The molecule has 1 N–H and O–H groups in total. The van der Waals surface area contributed by atoms with Crippen LogP contribution in [0.5, 0.6) is 0 Å². The Hall–Kier alpha value is -2.98. The molecule has 1 aromatic carbocycles. The number of nitrogens with zero attached hydrogens (tertiary/aromatic N) is 4. The number of thioether (sulfide) groups is 1. The van der Waals surface area contributed by atoms with Crippen LogP contribution < -0.4 is 5.32 Å². The summed E-state index contributed by atoms with van der Waals surface area (Å²) in [6.07, 6.45) is 4.48. The molecule has 0 unspecified atom stereocenters. The van der Waals surface area contributed by atoms with Crippen molar-refractivity contribution in [3.63, 3.8) is 0 Å². The summed E-state index contributed by atoms with van der Waals surface area (Å²) in [5.74, 6) is -0.543. The minimum absolute atomic E-state index is 0.178. The highest BCUT2D eigenvalue weighted by Crippen LogP contribution is 2.39. The van der Waals surface area contributed by atoms with Gasteiger partial charge in [-0.05, 0) is 50.7 Å². The number of hydrogen-bond acceptors (Lipinski definition) is 8. The van der Waals surface area contributed by atoms with Gasteiger partial charge in [0, 0.05) is 17.3 Å². The smallest absolute Gasteiger partial charge is 0.341 e. The molecule has 0 aliphatic heterocycles. The molecule has 3 aromatic heterocycles. The number of carbonyl (C=O) groups excluding carboxylic acids is 2. The Kier molecular flexibility index (Phi) is 6.75. The van der Waals surface area contributed by atoms with Gasteiger partial charge in [0.15, 0.2) is 5.65 Å². The molecule has 0 saturated carbocycles. The maximum Gasteiger partial charge on any atom is 0.341 e. The Bertz CT molecular complexity index is 1430. The van der Waals surface area contributed by atoms with E-state index in [0.29, 0.717) is 28.7 Å². The highest BCUT2D eigenvalue weighted by atomic mass is 32.2. The molecule has 0 saturated heterocycles. The van der Waals surface area contributed by atoms with Gasteiger partial charge in [-0.2, -0.15) is 0 Å². The normalized spacial score (nSPS) is 14.1. The second-order valence-electron chi connectivity index (χ2n) is 8.48. The molecule has 5 rings (SSSR count). The van der Waals surface area contributed by atoms with Crippen molar-refractivity contribution in [2.24, 2.45) is 7.05 Å². The largest absolute Gasteiger partial charge is 0.462 e. The summed E-state index contributed by atoms with van der Waals surface area (Å²) in [5, 5.41) is 13.3. The van der Waals surface area contributed by atoms with E-state index in [1.54, 1.807) is 6.92 Å². The fourth-order valence-electron chi connectivity index (χ4n) is 4.56. The quantitative estimate of drug-likeness (QED) is 0.272. The topological polar surface area (TPSA) is 99.0 Å². The minimum Gasteiger partial charge on any atom is -0.462 e. The third-order valence-electron chi connectivity index (χ3n) is 6.29. The van der Waals surface area contributed by atoms with E-state index in [-0.39, 0.29) is 11.9 Å². The average Bonchev–Trinajstić information content (AvgIpc) is 3.37. The fraction of sp³-hybridized carbons (Fsp3) is 0.400. The number of ether oxygens (including phenoxy) is 1. The number of aromatic nitrogens is 4. The lowest BCUT2D eigenvalue weighted by molar-refractivity contribution is -0.115. The molecule has 182 valence electrons. The summed E-state index contributed by atoms with van der Waals surface area (Å²) >= 11 is 2.78. The van der Waals surface area contributed by atoms with Crippen LogP contribution >= 0.6 is 23.1 Å². The molecular weight excluding hydrogens is 482 g/mol. The number of carbonyl (C=O) groups is 2. The van der Waals surface area contributed by atoms with Crippen molar-refractivity contribution in [3.05, 3.63) is 40.3 Å². The zero-order valence-corrected chi connectivity index (χ0v) is 21.6. The van der Waals surface area contributed by atoms with E-state index in [4.69, 9.17) is 9.72 Å². The van der Waals surface area contributed by atoms with Crippen LogP contribution in [0.2, 0.25) is 0 Å². The minimum atomic E-state index is -0.432. The second kappa shape index (κ2) is 9.94. The van der Waals surface area contributed by atoms with Crippen molar-refractivity contribution in [1.29, 1.82) is 0 Å². The van der Waals surface area contributed by atoms with Gasteiger partial charge in [0.25, 0.3) is 0 Å². The number of nitrogens with one attached hydrogen (secondary N) is 1. The van der Waals surface area contributed by atoms with Gasteiger partial charge in [-0.25, -0.2) is 9.78 Å². The van der Waals surface area contributed by atoms with Gasteiger partial charge in [-0.15, -0.1) is 21.5 Å². The number of rotatable bonds is 7. The van der Waals surface area contributed by atoms with Gasteiger partial charge >= 0.3 is 5.97 Å². The molecule has 8 nitrogen and oxygen atoms in total. The summed E-state index contributed by atoms with van der Waals surface area (Å²) in [7, 11) is 1.95. The first-order valence-corrected chi connectivity index (χ1v) is 13.6. The molecule has 1 aliphatic rings. The SMILES string of the molecule is CCOC(=O)c1c(NC(=O)[C@H](CC)Sc2nnc3c4ccccc4n(C)c3n2)sc2c1CCCC2. The van der Waals surface area contributed by atoms with Crippen LogP contribution in [0.4, 0.5) is 5.00 Å². The van der Waals surface area contributed by atoms with E-state index in [9.17, 15) is 9.59 Å². The first kappa shape index (κ1) is 23.7. The van der Waals surface area contributed by atoms with Gasteiger partial charge in [0.2, 0.25) is 11.1 Å². The highest BCUT2D eigenvalue weighted by Gasteiger charge is 2.29. The lowest BCUT2D eigenvalue weighted by atomic mass is 9.95. The van der Waals surface area contributed by atoms with Crippen molar-refractivity contribution in [1.82, 2.24) is 19.7 Å². The Morgan fingerprint density at radius 3 is 2.80 bits per heavy atom. The molecule has 35 heavy (non-hydrogen) atoms. The number of thiophene rings is 1. The summed E-state index contributed by atoms with van der Waals surface area (Å²) in [4.78, 5) is 31.9. The van der Waals surface area contributed by atoms with Gasteiger partial charge in [0.05, 0.1) is 22.9 Å². The summed E-state index contributed by atoms with van der Waals surface area (Å²) in [5.41, 5.74) is 4.06. The fourth-order valence-corrected chi connectivity index (χ4v) is 6.65. The van der Waals surface area contributed by atoms with Crippen LogP contribution in [-0.4, -0.2) is 43.5 Å². The third-order valence-corrected chi connectivity index (χ3v) is 8.71. The monoisotopic (exact) mass is 509 g/mol. The number of fused-ring (bicyclic) bond motifs is 4. The zero-order valence-electron chi connectivity index (χ0n) is 20.0. The molecule has 3 heterocycles. The lowest BCUT2D eigenvalue weighted by Gasteiger charge is -2.14. The van der Waals surface area contributed by atoms with E-state index < -0.39 is 5.25 Å². The maximum atomic E-state index is 13.3. The lowest BCUT2D eigenvalue weighted by Crippen LogP contribution is -2.25. The predicted molar refractivity (Wildman–Crippen MR) is 139 cm³/mol. The molecule has 10 heteroatoms. The first-order chi connectivity index (χ1) is 17.0. The van der Waals surface area contributed by atoms with Crippen LogP contribution in [0.15, 0.2) is 29.4 Å². The zero-order chi connectivity index (χ0) is 24.5. The molecule has 0 bridgehead atoms. The molecule has 0 spiro atoms.